The molecule has 0 saturated carbocycles. The van der Waals surface area contributed by atoms with E-state index in [0.29, 0.717) is 11.5 Å². The molecule has 7 heteroatoms. The lowest BCUT2D eigenvalue weighted by Gasteiger charge is -2.16. The van der Waals surface area contributed by atoms with E-state index in [1.807, 2.05) is 0 Å². The molecule has 1 atom stereocenters. The number of carbonyl (C=O) groups excluding carboxylic acids is 1. The Balaban J connectivity index is 1.68. The molecular weight excluding hydrogens is 352 g/mol. The van der Waals surface area contributed by atoms with Crippen molar-refractivity contribution in [3.63, 3.8) is 0 Å². The molecule has 144 valence electrons. The van der Waals surface area contributed by atoms with Crippen LogP contribution in [-0.4, -0.2) is 48.0 Å². The highest BCUT2D eigenvalue weighted by Gasteiger charge is 2.36. The molecule has 0 saturated heterocycles. The van der Waals surface area contributed by atoms with E-state index in [2.05, 4.69) is 35.7 Å². The van der Waals surface area contributed by atoms with Crippen LogP contribution in [0.2, 0.25) is 0 Å². The number of hydrogen-bond donors (Lipinski definition) is 2. The zero-order valence-corrected chi connectivity index (χ0v) is 16.2. The monoisotopic (exact) mass is 376 g/mol. The number of carbonyl (C=O) groups is 1. The number of anilines is 2. The Morgan fingerprint density at radius 1 is 1.32 bits per heavy atom. The largest absolute Gasteiger partial charge is 0.354 e. The minimum Gasteiger partial charge on any atom is -0.354 e. The molecule has 0 bridgehead atoms. The van der Waals surface area contributed by atoms with Crippen LogP contribution in [0.1, 0.15) is 46.8 Å². The van der Waals surface area contributed by atoms with Crippen molar-refractivity contribution in [1.29, 1.82) is 5.26 Å². The van der Waals surface area contributed by atoms with Crippen LogP contribution in [0.25, 0.3) is 0 Å². The average molecular weight is 376 g/mol. The Morgan fingerprint density at radius 3 is 2.96 bits per heavy atom. The maximum absolute atomic E-state index is 12.8. The van der Waals surface area contributed by atoms with E-state index in [0.717, 1.165) is 67.0 Å². The first-order valence-electron chi connectivity index (χ1n) is 9.70. The van der Waals surface area contributed by atoms with Gasteiger partial charge in [-0.25, -0.2) is 9.97 Å². The zero-order chi connectivity index (χ0) is 19.7. The minimum atomic E-state index is -0.486. The Kier molecular flexibility index (Phi) is 4.97. The second-order valence-corrected chi connectivity index (χ2v) is 7.63. The van der Waals surface area contributed by atoms with Gasteiger partial charge in [-0.3, -0.25) is 4.79 Å². The maximum atomic E-state index is 12.8. The highest BCUT2D eigenvalue weighted by molar-refractivity contribution is 6.05. The van der Waals surface area contributed by atoms with E-state index in [-0.39, 0.29) is 5.91 Å². The van der Waals surface area contributed by atoms with Gasteiger partial charge in [-0.15, -0.1) is 0 Å². The van der Waals surface area contributed by atoms with Gasteiger partial charge in [0.2, 0.25) is 11.9 Å². The number of fused-ring (bicyclic) bond motifs is 2. The Bertz CT molecular complexity index is 962. The molecule has 4 rings (SSSR count). The summed E-state index contributed by atoms with van der Waals surface area (Å²) in [5.74, 6) is 0.0176. The van der Waals surface area contributed by atoms with Crippen LogP contribution in [-0.2, 0) is 17.6 Å². The molecular formula is C21H24N6O. The predicted octanol–water partition coefficient (Wildman–Crippen LogP) is 2.28. The number of rotatable bonds is 6. The lowest BCUT2D eigenvalue weighted by molar-refractivity contribution is -0.116. The Labute approximate surface area is 164 Å². The van der Waals surface area contributed by atoms with Crippen molar-refractivity contribution < 1.29 is 4.79 Å². The van der Waals surface area contributed by atoms with Crippen molar-refractivity contribution in [3.05, 3.63) is 46.3 Å². The molecule has 2 aliphatic rings. The third kappa shape index (κ3) is 3.43. The number of aryl methyl sites for hydroxylation is 1. The number of nitrogens with zero attached hydrogens (tertiary/aromatic N) is 4. The summed E-state index contributed by atoms with van der Waals surface area (Å²) in [6.45, 7) is 1.77. The minimum absolute atomic E-state index is 0.0866. The van der Waals surface area contributed by atoms with Gasteiger partial charge in [0.1, 0.15) is 5.92 Å². The summed E-state index contributed by atoms with van der Waals surface area (Å²) in [5.41, 5.74) is 5.05. The highest BCUT2D eigenvalue weighted by atomic mass is 16.2. The first kappa shape index (κ1) is 18.4. The van der Waals surface area contributed by atoms with Crippen molar-refractivity contribution in [3.8, 4) is 6.07 Å². The third-order valence-corrected chi connectivity index (χ3v) is 5.32. The van der Waals surface area contributed by atoms with Crippen LogP contribution in [0.15, 0.2) is 18.2 Å². The summed E-state index contributed by atoms with van der Waals surface area (Å²) in [4.78, 5) is 24.4. The van der Waals surface area contributed by atoms with E-state index >= 15 is 0 Å². The van der Waals surface area contributed by atoms with Crippen LogP contribution < -0.4 is 10.6 Å². The standard InChI is InChI=1S/C21H24N6O/c1-27(2)10-4-9-23-21-25-16-6-3-5-14(16)19(26-21)18-15-11-13(12-22)7-8-17(15)24-20(18)28/h7-8,11,18H,3-6,9-10H2,1-2H3,(H,24,28)(H,23,25,26). The third-order valence-electron chi connectivity index (χ3n) is 5.32. The molecule has 1 amide bonds. The number of nitriles is 1. The molecule has 1 aromatic carbocycles. The summed E-state index contributed by atoms with van der Waals surface area (Å²) in [7, 11) is 4.10. The number of nitrogens with one attached hydrogen (secondary N) is 2. The van der Waals surface area contributed by atoms with Crippen LogP contribution in [0.5, 0.6) is 0 Å². The van der Waals surface area contributed by atoms with Gasteiger partial charge >= 0.3 is 0 Å². The molecule has 7 nitrogen and oxygen atoms in total. The number of aromatic nitrogens is 2. The smallest absolute Gasteiger partial charge is 0.238 e. The topological polar surface area (TPSA) is 93.9 Å². The molecule has 0 radical (unpaired) electrons. The van der Waals surface area contributed by atoms with Crippen molar-refractivity contribution in [2.24, 2.45) is 0 Å². The average Bonchev–Trinajstić information content (AvgIpc) is 3.27. The molecule has 0 spiro atoms. The summed E-state index contributed by atoms with van der Waals surface area (Å²) in [5, 5.41) is 15.5. The van der Waals surface area contributed by atoms with Gasteiger partial charge in [0.05, 0.1) is 17.3 Å². The Morgan fingerprint density at radius 2 is 2.18 bits per heavy atom. The van der Waals surface area contributed by atoms with Crippen molar-refractivity contribution in [2.75, 3.05) is 37.8 Å². The van der Waals surface area contributed by atoms with E-state index in [1.165, 1.54) is 0 Å². The fourth-order valence-corrected chi connectivity index (χ4v) is 3.98. The van der Waals surface area contributed by atoms with Crippen molar-refractivity contribution in [2.45, 2.75) is 31.6 Å². The van der Waals surface area contributed by atoms with Gasteiger partial charge in [0.15, 0.2) is 0 Å². The van der Waals surface area contributed by atoms with Crippen molar-refractivity contribution in [1.82, 2.24) is 14.9 Å². The fourth-order valence-electron chi connectivity index (χ4n) is 3.98. The molecule has 0 fully saturated rings. The van der Waals surface area contributed by atoms with E-state index in [4.69, 9.17) is 9.97 Å². The van der Waals surface area contributed by atoms with E-state index in [9.17, 15) is 10.1 Å². The molecule has 28 heavy (non-hydrogen) atoms. The fraction of sp³-hybridized carbons (Fsp3) is 0.429. The normalized spacial score (nSPS) is 17.2. The lowest BCUT2D eigenvalue weighted by atomic mass is 9.92. The van der Waals surface area contributed by atoms with Crippen molar-refractivity contribution >= 4 is 17.5 Å². The first-order chi connectivity index (χ1) is 13.6. The molecule has 1 aromatic heterocycles. The van der Waals surface area contributed by atoms with Crippen LogP contribution >= 0.6 is 0 Å². The SMILES string of the molecule is CN(C)CCCNc1nc2c(c(C3C(=O)Nc4ccc(C#N)cc43)n1)CCC2. The van der Waals surface area contributed by atoms with E-state index < -0.39 is 5.92 Å². The summed E-state index contributed by atoms with van der Waals surface area (Å²) < 4.78 is 0. The quantitative estimate of drug-likeness (QED) is 0.751. The summed E-state index contributed by atoms with van der Waals surface area (Å²) in [6, 6.07) is 7.48. The van der Waals surface area contributed by atoms with Crippen LogP contribution in [0.3, 0.4) is 0 Å². The van der Waals surface area contributed by atoms with Gasteiger partial charge in [0, 0.05) is 17.9 Å². The van der Waals surface area contributed by atoms with Gasteiger partial charge in [-0.05, 0) is 75.6 Å². The number of amides is 1. The van der Waals surface area contributed by atoms with Gasteiger partial charge < -0.3 is 15.5 Å². The second kappa shape index (κ2) is 7.56. The van der Waals surface area contributed by atoms with Crippen LogP contribution in [0.4, 0.5) is 11.6 Å². The maximum Gasteiger partial charge on any atom is 0.238 e. The molecule has 2 N–H and O–H groups in total. The predicted molar refractivity (Wildman–Crippen MR) is 107 cm³/mol. The molecule has 1 unspecified atom stereocenters. The zero-order valence-electron chi connectivity index (χ0n) is 16.2. The van der Waals surface area contributed by atoms with Gasteiger partial charge in [-0.2, -0.15) is 5.26 Å². The number of hydrogen-bond acceptors (Lipinski definition) is 6. The highest BCUT2D eigenvalue weighted by Crippen LogP contribution is 2.40. The first-order valence-corrected chi connectivity index (χ1v) is 9.70. The molecule has 1 aliphatic heterocycles. The second-order valence-electron chi connectivity index (χ2n) is 7.63. The van der Waals surface area contributed by atoms with Gasteiger partial charge in [0.25, 0.3) is 0 Å². The van der Waals surface area contributed by atoms with Gasteiger partial charge in [-0.1, -0.05) is 0 Å². The summed E-state index contributed by atoms with van der Waals surface area (Å²) >= 11 is 0. The van der Waals surface area contributed by atoms with E-state index in [1.54, 1.807) is 18.2 Å². The number of benzene rings is 1. The van der Waals surface area contributed by atoms with Crippen LogP contribution in [0, 0.1) is 11.3 Å². The molecule has 2 aromatic rings. The lowest BCUT2D eigenvalue weighted by Crippen LogP contribution is -2.20. The summed E-state index contributed by atoms with van der Waals surface area (Å²) in [6.07, 6.45) is 3.82. The Hall–Kier alpha value is -2.98. The molecule has 2 heterocycles. The molecule has 1 aliphatic carbocycles.